The number of hydrogen-bond donors (Lipinski definition) is 0. The zero-order chi connectivity index (χ0) is 13.2. The predicted octanol–water partition coefficient (Wildman–Crippen LogP) is 3.04. The van der Waals surface area contributed by atoms with E-state index in [1.165, 1.54) is 22.8 Å². The van der Waals surface area contributed by atoms with Crippen LogP contribution in [0.5, 0.6) is 0 Å². The second kappa shape index (κ2) is 5.31. The summed E-state index contributed by atoms with van der Waals surface area (Å²) < 4.78 is 6.20. The molecule has 0 bridgehead atoms. The zero-order valence-electron chi connectivity index (χ0n) is 11.0. The van der Waals surface area contributed by atoms with E-state index in [1.54, 1.807) is 11.3 Å². The zero-order valence-corrected chi connectivity index (χ0v) is 11.8. The molecule has 1 aromatic heterocycles. The molecule has 0 aliphatic carbocycles. The molecule has 1 unspecified atom stereocenters. The molecule has 100 valence electrons. The largest absolute Gasteiger partial charge is 0.468 e. The highest BCUT2D eigenvalue weighted by molar-refractivity contribution is 7.17. The fourth-order valence-electron chi connectivity index (χ4n) is 2.79. The van der Waals surface area contributed by atoms with Gasteiger partial charge in [-0.15, -0.1) is 11.3 Å². The number of thiophene rings is 1. The lowest BCUT2D eigenvalue weighted by Gasteiger charge is -2.21. The number of fused-ring (bicyclic) bond motifs is 1. The highest BCUT2D eigenvalue weighted by Gasteiger charge is 2.31. The molecule has 1 aromatic carbocycles. The predicted molar refractivity (Wildman–Crippen MR) is 77.3 cm³/mol. The fourth-order valence-corrected chi connectivity index (χ4v) is 3.75. The van der Waals surface area contributed by atoms with E-state index in [1.807, 2.05) is 0 Å². The van der Waals surface area contributed by atoms with E-state index < -0.39 is 0 Å². The van der Waals surface area contributed by atoms with Crippen molar-refractivity contribution >= 4 is 27.4 Å². The number of ether oxygens (including phenoxy) is 1. The summed E-state index contributed by atoms with van der Waals surface area (Å²) in [7, 11) is 1.47. The van der Waals surface area contributed by atoms with Crippen LogP contribution in [0.2, 0.25) is 0 Å². The average Bonchev–Trinajstić information content (AvgIpc) is 3.06. The van der Waals surface area contributed by atoms with Gasteiger partial charge in [0.15, 0.2) is 0 Å². The number of likely N-dealkylation sites (tertiary alicyclic amines) is 1. The van der Waals surface area contributed by atoms with Crippen molar-refractivity contribution in [3.63, 3.8) is 0 Å². The third kappa shape index (κ3) is 2.38. The molecule has 2 aromatic rings. The summed E-state index contributed by atoms with van der Waals surface area (Å²) in [6.45, 7) is 1.81. The van der Waals surface area contributed by atoms with Crippen LogP contribution < -0.4 is 0 Å². The van der Waals surface area contributed by atoms with Gasteiger partial charge < -0.3 is 4.74 Å². The van der Waals surface area contributed by atoms with E-state index in [4.69, 9.17) is 4.74 Å². The lowest BCUT2D eigenvalue weighted by atomic mass is 10.1. The molecule has 0 spiro atoms. The molecular formula is C15H17NO2S. The van der Waals surface area contributed by atoms with Gasteiger partial charge >= 0.3 is 5.97 Å². The van der Waals surface area contributed by atoms with E-state index in [2.05, 4.69) is 34.5 Å². The van der Waals surface area contributed by atoms with Crippen LogP contribution in [0.1, 0.15) is 18.4 Å². The van der Waals surface area contributed by atoms with Gasteiger partial charge in [-0.1, -0.05) is 18.2 Å². The van der Waals surface area contributed by atoms with Gasteiger partial charge in [0.25, 0.3) is 0 Å². The monoisotopic (exact) mass is 275 g/mol. The number of hydrogen-bond acceptors (Lipinski definition) is 4. The molecular weight excluding hydrogens is 258 g/mol. The Hall–Kier alpha value is -1.39. The van der Waals surface area contributed by atoms with Gasteiger partial charge in [0.1, 0.15) is 6.04 Å². The summed E-state index contributed by atoms with van der Waals surface area (Å²) in [6.07, 6.45) is 1.98. The molecule has 1 atom stereocenters. The molecule has 0 amide bonds. The third-order valence-corrected chi connectivity index (χ3v) is 4.78. The first-order valence-corrected chi connectivity index (χ1v) is 7.44. The summed E-state index contributed by atoms with van der Waals surface area (Å²) in [5.74, 6) is -0.1000. The molecule has 1 fully saturated rings. The van der Waals surface area contributed by atoms with Crippen LogP contribution in [0, 0.1) is 0 Å². The summed E-state index contributed by atoms with van der Waals surface area (Å²) >= 11 is 1.77. The molecule has 1 aliphatic rings. The molecule has 0 saturated carbocycles. The maximum atomic E-state index is 11.8. The number of benzene rings is 1. The van der Waals surface area contributed by atoms with Crippen molar-refractivity contribution in [2.24, 2.45) is 0 Å². The van der Waals surface area contributed by atoms with Gasteiger partial charge in [-0.25, -0.2) is 0 Å². The van der Waals surface area contributed by atoms with Gasteiger partial charge in [-0.05, 0) is 41.8 Å². The highest BCUT2D eigenvalue weighted by atomic mass is 32.1. The van der Waals surface area contributed by atoms with E-state index in [0.717, 1.165) is 25.9 Å². The van der Waals surface area contributed by atoms with Crippen molar-refractivity contribution in [2.75, 3.05) is 13.7 Å². The van der Waals surface area contributed by atoms with Gasteiger partial charge in [-0.3, -0.25) is 9.69 Å². The van der Waals surface area contributed by atoms with Gasteiger partial charge in [-0.2, -0.15) is 0 Å². The Morgan fingerprint density at radius 3 is 3.16 bits per heavy atom. The second-order valence-electron chi connectivity index (χ2n) is 4.91. The van der Waals surface area contributed by atoms with E-state index in [9.17, 15) is 4.79 Å². The van der Waals surface area contributed by atoms with Gasteiger partial charge in [0.05, 0.1) is 7.11 Å². The topological polar surface area (TPSA) is 29.5 Å². The first-order chi connectivity index (χ1) is 9.29. The lowest BCUT2D eigenvalue weighted by molar-refractivity contribution is -0.146. The fraction of sp³-hybridized carbons (Fsp3) is 0.400. The minimum Gasteiger partial charge on any atom is -0.468 e. The minimum atomic E-state index is -0.1000. The molecule has 3 rings (SSSR count). The Balaban J connectivity index is 1.82. The first kappa shape index (κ1) is 12.6. The molecule has 4 heteroatoms. The normalized spacial score (nSPS) is 19.9. The number of rotatable bonds is 3. The van der Waals surface area contributed by atoms with Crippen LogP contribution in [0.3, 0.4) is 0 Å². The summed E-state index contributed by atoms with van der Waals surface area (Å²) in [4.78, 5) is 14.0. The Bertz CT molecular complexity index is 593. The Kier molecular flexibility index (Phi) is 3.53. The summed E-state index contributed by atoms with van der Waals surface area (Å²) in [5.41, 5.74) is 1.32. The summed E-state index contributed by atoms with van der Waals surface area (Å²) in [6, 6.07) is 8.37. The molecule has 0 radical (unpaired) electrons. The van der Waals surface area contributed by atoms with Crippen molar-refractivity contribution in [2.45, 2.75) is 25.4 Å². The minimum absolute atomic E-state index is 0.0661. The highest BCUT2D eigenvalue weighted by Crippen LogP contribution is 2.29. The smallest absolute Gasteiger partial charge is 0.323 e. The second-order valence-corrected chi connectivity index (χ2v) is 5.82. The van der Waals surface area contributed by atoms with E-state index in [-0.39, 0.29) is 12.0 Å². The van der Waals surface area contributed by atoms with Crippen molar-refractivity contribution in [3.05, 3.63) is 35.2 Å². The maximum Gasteiger partial charge on any atom is 0.323 e. The van der Waals surface area contributed by atoms with Crippen molar-refractivity contribution in [1.82, 2.24) is 4.90 Å². The Labute approximate surface area is 116 Å². The van der Waals surface area contributed by atoms with Crippen LogP contribution in [0.25, 0.3) is 10.1 Å². The van der Waals surface area contributed by atoms with Crippen molar-refractivity contribution < 1.29 is 9.53 Å². The Morgan fingerprint density at radius 1 is 1.47 bits per heavy atom. The van der Waals surface area contributed by atoms with Gasteiger partial charge in [0, 0.05) is 11.2 Å². The maximum absolute atomic E-state index is 11.8. The van der Waals surface area contributed by atoms with Crippen LogP contribution in [0.4, 0.5) is 0 Å². The van der Waals surface area contributed by atoms with Gasteiger partial charge in [0.2, 0.25) is 0 Å². The number of methoxy groups -OCH3 is 1. The van der Waals surface area contributed by atoms with E-state index in [0.29, 0.717) is 0 Å². The number of carbonyl (C=O) groups is 1. The Morgan fingerprint density at radius 2 is 2.32 bits per heavy atom. The van der Waals surface area contributed by atoms with Crippen LogP contribution in [0.15, 0.2) is 29.6 Å². The molecule has 2 heterocycles. The number of esters is 1. The third-order valence-electron chi connectivity index (χ3n) is 3.77. The molecule has 19 heavy (non-hydrogen) atoms. The SMILES string of the molecule is COC(=O)C1CCCN1Cc1csc2ccccc12. The lowest BCUT2D eigenvalue weighted by Crippen LogP contribution is -2.36. The number of nitrogens with zero attached hydrogens (tertiary/aromatic N) is 1. The molecule has 0 N–H and O–H groups in total. The number of carbonyl (C=O) groups excluding carboxylic acids is 1. The average molecular weight is 275 g/mol. The molecule has 1 saturated heterocycles. The van der Waals surface area contributed by atoms with Crippen LogP contribution in [-0.4, -0.2) is 30.6 Å². The van der Waals surface area contributed by atoms with Crippen LogP contribution >= 0.6 is 11.3 Å². The van der Waals surface area contributed by atoms with Crippen molar-refractivity contribution in [3.8, 4) is 0 Å². The summed E-state index contributed by atoms with van der Waals surface area (Å²) in [5, 5.41) is 3.51. The molecule has 3 nitrogen and oxygen atoms in total. The van der Waals surface area contributed by atoms with Crippen LogP contribution in [-0.2, 0) is 16.1 Å². The first-order valence-electron chi connectivity index (χ1n) is 6.56. The van der Waals surface area contributed by atoms with Crippen molar-refractivity contribution in [1.29, 1.82) is 0 Å². The van der Waals surface area contributed by atoms with E-state index >= 15 is 0 Å². The quantitative estimate of drug-likeness (QED) is 0.806. The molecule has 1 aliphatic heterocycles. The standard InChI is InChI=1S/C15H17NO2S/c1-18-15(17)13-6-4-8-16(13)9-11-10-19-14-7-3-2-5-12(11)14/h2-3,5,7,10,13H,4,6,8-9H2,1H3.